The number of nitrogens with one attached hydrogen (secondary N) is 1. The fourth-order valence-electron chi connectivity index (χ4n) is 1.52. The maximum atomic E-state index is 11.7. The second kappa shape index (κ2) is 4.87. The summed E-state index contributed by atoms with van der Waals surface area (Å²) in [5, 5.41) is 2.90. The second-order valence-electron chi connectivity index (χ2n) is 4.17. The molecule has 0 bridgehead atoms. The Balaban J connectivity index is 2.32. The third-order valence-electron chi connectivity index (χ3n) is 2.50. The number of para-hydroxylation sites is 1. The molecule has 17 heavy (non-hydrogen) atoms. The first-order valence-electron chi connectivity index (χ1n) is 5.62. The van der Waals surface area contributed by atoms with Gasteiger partial charge in [-0.1, -0.05) is 26.0 Å². The monoisotopic (exact) mass is 229 g/mol. The Bertz CT molecular complexity index is 501. The van der Waals surface area contributed by atoms with Crippen molar-refractivity contribution in [1.82, 2.24) is 0 Å². The highest BCUT2D eigenvalue weighted by atomic mass is 16.3. The van der Waals surface area contributed by atoms with Crippen LogP contribution in [-0.2, 0) is 4.79 Å². The van der Waals surface area contributed by atoms with Gasteiger partial charge in [0.05, 0.1) is 12.0 Å². The van der Waals surface area contributed by atoms with Gasteiger partial charge >= 0.3 is 0 Å². The number of hydrogen-bond acceptors (Lipinski definition) is 2. The van der Waals surface area contributed by atoms with E-state index in [4.69, 9.17) is 4.42 Å². The van der Waals surface area contributed by atoms with Gasteiger partial charge in [0.15, 0.2) is 0 Å². The summed E-state index contributed by atoms with van der Waals surface area (Å²) in [6.07, 6.45) is 1.62. The van der Waals surface area contributed by atoms with Crippen LogP contribution in [0.4, 0.5) is 5.69 Å². The number of anilines is 1. The SMILES string of the molecule is CC(C)C(=O)Nc1ccccc1-c1ccco1. The molecule has 0 fully saturated rings. The average molecular weight is 229 g/mol. The summed E-state index contributed by atoms with van der Waals surface area (Å²) >= 11 is 0. The van der Waals surface area contributed by atoms with Gasteiger partial charge in [0, 0.05) is 11.5 Å². The van der Waals surface area contributed by atoms with Crippen molar-refractivity contribution in [2.45, 2.75) is 13.8 Å². The van der Waals surface area contributed by atoms with E-state index < -0.39 is 0 Å². The van der Waals surface area contributed by atoms with E-state index in [1.807, 2.05) is 50.2 Å². The molecule has 0 saturated heterocycles. The van der Waals surface area contributed by atoms with E-state index in [-0.39, 0.29) is 11.8 Å². The minimum atomic E-state index is -0.0420. The van der Waals surface area contributed by atoms with Crippen LogP contribution in [-0.4, -0.2) is 5.91 Å². The van der Waals surface area contributed by atoms with Gasteiger partial charge in [-0.25, -0.2) is 0 Å². The van der Waals surface area contributed by atoms with Crippen molar-refractivity contribution in [1.29, 1.82) is 0 Å². The molecular formula is C14H15NO2. The number of hydrogen-bond donors (Lipinski definition) is 1. The molecule has 0 unspecified atom stereocenters. The van der Waals surface area contributed by atoms with Crippen LogP contribution < -0.4 is 5.32 Å². The summed E-state index contributed by atoms with van der Waals surface area (Å²) in [6, 6.07) is 11.3. The number of furan rings is 1. The Morgan fingerprint density at radius 1 is 1.18 bits per heavy atom. The van der Waals surface area contributed by atoms with Crippen LogP contribution in [0.3, 0.4) is 0 Å². The molecule has 1 N–H and O–H groups in total. The zero-order valence-corrected chi connectivity index (χ0v) is 9.94. The Morgan fingerprint density at radius 2 is 1.94 bits per heavy atom. The molecule has 2 aromatic rings. The predicted molar refractivity (Wildman–Crippen MR) is 67.6 cm³/mol. The lowest BCUT2D eigenvalue weighted by molar-refractivity contribution is -0.118. The molecule has 1 amide bonds. The third kappa shape index (κ3) is 2.56. The van der Waals surface area contributed by atoms with E-state index in [1.165, 1.54) is 0 Å². The summed E-state index contributed by atoms with van der Waals surface area (Å²) in [5.41, 5.74) is 1.67. The molecule has 0 aliphatic rings. The molecule has 2 rings (SSSR count). The molecule has 1 heterocycles. The number of rotatable bonds is 3. The van der Waals surface area contributed by atoms with Crippen molar-refractivity contribution in [3.8, 4) is 11.3 Å². The summed E-state index contributed by atoms with van der Waals surface area (Å²) in [6.45, 7) is 3.73. The number of benzene rings is 1. The molecule has 1 aromatic heterocycles. The van der Waals surface area contributed by atoms with Crippen molar-refractivity contribution < 1.29 is 9.21 Å². The molecule has 0 saturated carbocycles. The number of carbonyl (C=O) groups is 1. The van der Waals surface area contributed by atoms with Crippen LogP contribution in [0.2, 0.25) is 0 Å². The highest BCUT2D eigenvalue weighted by molar-refractivity contribution is 5.95. The summed E-state index contributed by atoms with van der Waals surface area (Å²) in [4.78, 5) is 11.7. The minimum absolute atomic E-state index is 0.00371. The normalized spacial score (nSPS) is 10.5. The zero-order valence-electron chi connectivity index (χ0n) is 9.94. The molecule has 0 spiro atoms. The first-order valence-corrected chi connectivity index (χ1v) is 5.62. The lowest BCUT2D eigenvalue weighted by Crippen LogP contribution is -2.18. The molecule has 0 aliphatic carbocycles. The first kappa shape index (κ1) is 11.5. The summed E-state index contributed by atoms with van der Waals surface area (Å²) in [5.74, 6) is 0.716. The molecule has 0 radical (unpaired) electrons. The summed E-state index contributed by atoms with van der Waals surface area (Å²) < 4.78 is 5.35. The fraction of sp³-hybridized carbons (Fsp3) is 0.214. The first-order chi connectivity index (χ1) is 8.18. The topological polar surface area (TPSA) is 42.2 Å². The van der Waals surface area contributed by atoms with E-state index in [9.17, 15) is 4.79 Å². The Kier molecular flexibility index (Phi) is 3.28. The van der Waals surface area contributed by atoms with Gasteiger partial charge in [-0.2, -0.15) is 0 Å². The van der Waals surface area contributed by atoms with E-state index >= 15 is 0 Å². The second-order valence-corrected chi connectivity index (χ2v) is 4.17. The van der Waals surface area contributed by atoms with Crippen LogP contribution in [0, 0.1) is 5.92 Å². The standard InChI is InChI=1S/C14H15NO2/c1-10(2)14(16)15-12-7-4-3-6-11(12)13-8-5-9-17-13/h3-10H,1-2H3,(H,15,16). The van der Waals surface area contributed by atoms with Crippen molar-refractivity contribution in [3.63, 3.8) is 0 Å². The highest BCUT2D eigenvalue weighted by Gasteiger charge is 2.11. The van der Waals surface area contributed by atoms with Gasteiger partial charge < -0.3 is 9.73 Å². The van der Waals surface area contributed by atoms with Crippen LogP contribution in [0.5, 0.6) is 0 Å². The molecule has 0 atom stereocenters. The van der Waals surface area contributed by atoms with Crippen molar-refractivity contribution >= 4 is 11.6 Å². The van der Waals surface area contributed by atoms with Crippen LogP contribution in [0.1, 0.15) is 13.8 Å². The van der Waals surface area contributed by atoms with E-state index in [2.05, 4.69) is 5.32 Å². The molecule has 3 heteroatoms. The average Bonchev–Trinajstić information content (AvgIpc) is 2.83. The van der Waals surface area contributed by atoms with Crippen molar-refractivity contribution in [2.75, 3.05) is 5.32 Å². The van der Waals surface area contributed by atoms with Gasteiger partial charge in [0.25, 0.3) is 0 Å². The maximum Gasteiger partial charge on any atom is 0.226 e. The molecule has 88 valence electrons. The lowest BCUT2D eigenvalue weighted by atomic mass is 10.1. The predicted octanol–water partition coefficient (Wildman–Crippen LogP) is 3.54. The van der Waals surface area contributed by atoms with E-state index in [1.54, 1.807) is 6.26 Å². The molecule has 3 nitrogen and oxygen atoms in total. The van der Waals surface area contributed by atoms with Gasteiger partial charge in [-0.15, -0.1) is 0 Å². The van der Waals surface area contributed by atoms with Crippen molar-refractivity contribution in [2.24, 2.45) is 5.92 Å². The summed E-state index contributed by atoms with van der Waals surface area (Å²) in [7, 11) is 0. The van der Waals surface area contributed by atoms with Crippen LogP contribution in [0.15, 0.2) is 47.1 Å². The molecular weight excluding hydrogens is 214 g/mol. The highest BCUT2D eigenvalue weighted by Crippen LogP contribution is 2.28. The van der Waals surface area contributed by atoms with Crippen molar-refractivity contribution in [3.05, 3.63) is 42.7 Å². The van der Waals surface area contributed by atoms with E-state index in [0.29, 0.717) is 0 Å². The largest absolute Gasteiger partial charge is 0.464 e. The lowest BCUT2D eigenvalue weighted by Gasteiger charge is -2.10. The van der Waals surface area contributed by atoms with Gasteiger partial charge in [0.2, 0.25) is 5.91 Å². The van der Waals surface area contributed by atoms with Gasteiger partial charge in [-0.3, -0.25) is 4.79 Å². The van der Waals surface area contributed by atoms with Gasteiger partial charge in [0.1, 0.15) is 5.76 Å². The Morgan fingerprint density at radius 3 is 2.59 bits per heavy atom. The number of carbonyl (C=O) groups excluding carboxylic acids is 1. The minimum Gasteiger partial charge on any atom is -0.464 e. The molecule has 0 aliphatic heterocycles. The van der Waals surface area contributed by atoms with Crippen LogP contribution >= 0.6 is 0 Å². The third-order valence-corrected chi connectivity index (χ3v) is 2.50. The quantitative estimate of drug-likeness (QED) is 0.874. The Labute approximate surface area is 100 Å². The zero-order chi connectivity index (χ0) is 12.3. The smallest absolute Gasteiger partial charge is 0.226 e. The maximum absolute atomic E-state index is 11.7. The van der Waals surface area contributed by atoms with Crippen LogP contribution in [0.25, 0.3) is 11.3 Å². The van der Waals surface area contributed by atoms with E-state index in [0.717, 1.165) is 17.0 Å². The molecule has 1 aromatic carbocycles. The number of amides is 1. The fourth-order valence-corrected chi connectivity index (χ4v) is 1.52. The van der Waals surface area contributed by atoms with Gasteiger partial charge in [-0.05, 0) is 24.3 Å². The Hall–Kier alpha value is -2.03.